The molecule has 0 amide bonds. The molecule has 3 atom stereocenters. The number of imidazole rings is 1. The monoisotopic (exact) mass is 742 g/mol. The molecule has 2 unspecified atom stereocenters. The van der Waals surface area contributed by atoms with Gasteiger partial charge in [-0.15, -0.1) is 0 Å². The number of anilines is 1. The van der Waals surface area contributed by atoms with Crippen LogP contribution in [0.15, 0.2) is 43.0 Å². The lowest BCUT2D eigenvalue weighted by Crippen LogP contribution is -2.36. The minimum Gasteiger partial charge on any atom is -0.465 e. The van der Waals surface area contributed by atoms with E-state index in [1.807, 2.05) is 13.0 Å². The lowest BCUT2D eigenvalue weighted by Gasteiger charge is -2.25. The summed E-state index contributed by atoms with van der Waals surface area (Å²) < 4.78 is 33.2. The van der Waals surface area contributed by atoms with Crippen LogP contribution < -0.4 is 15.3 Å². The third kappa shape index (κ3) is 17.7. The highest BCUT2D eigenvalue weighted by molar-refractivity contribution is 7.57. The number of ether oxygens (including phenoxy) is 2. The number of nitrogens with zero attached hydrogens (tertiary/aromatic N) is 4. The highest BCUT2D eigenvalue weighted by Gasteiger charge is 2.31. The molecule has 3 aromatic rings. The maximum atomic E-state index is 14.0. The predicted molar refractivity (Wildman–Crippen MR) is 211 cm³/mol. The minimum atomic E-state index is -3.68. The molecule has 292 valence electrons. The Kier molecular flexibility index (Phi) is 21.6. The van der Waals surface area contributed by atoms with E-state index in [2.05, 4.69) is 27.0 Å². The average molecular weight is 743 g/mol. The van der Waals surface area contributed by atoms with Gasteiger partial charge in [-0.25, -0.2) is 20.0 Å². The van der Waals surface area contributed by atoms with Crippen LogP contribution in [0, 0.1) is 0 Å². The van der Waals surface area contributed by atoms with Crippen molar-refractivity contribution in [3.63, 3.8) is 0 Å². The number of nitrogens with one attached hydrogen (secondary N) is 1. The predicted octanol–water partition coefficient (Wildman–Crippen LogP) is 10.4. The number of unbranched alkanes of at least 4 members (excludes halogenated alkanes) is 19. The maximum absolute atomic E-state index is 14.0. The molecule has 0 aliphatic carbocycles. The van der Waals surface area contributed by atoms with E-state index >= 15 is 0 Å². The number of nitrogens with two attached hydrogens (primary N) is 1. The summed E-state index contributed by atoms with van der Waals surface area (Å²) in [6.45, 7) is 6.49. The van der Waals surface area contributed by atoms with Crippen LogP contribution in [0.2, 0.25) is 0 Å². The molecule has 0 aliphatic heterocycles. The van der Waals surface area contributed by atoms with Crippen LogP contribution in [-0.2, 0) is 25.4 Å². The van der Waals surface area contributed by atoms with Gasteiger partial charge in [-0.1, -0.05) is 147 Å². The third-order valence-electron chi connectivity index (χ3n) is 9.39. The van der Waals surface area contributed by atoms with E-state index in [1.165, 1.54) is 115 Å². The molecule has 12 heteroatoms. The molecule has 0 aliphatic rings. The molecular formula is C40H67N6O5P. The number of benzene rings is 1. The molecule has 11 nitrogen and oxygen atoms in total. The first-order valence-corrected chi connectivity index (χ1v) is 21.9. The Hall–Kier alpha value is -3.01. The summed E-state index contributed by atoms with van der Waals surface area (Å²) in [5.41, 5.74) is 7.00. The molecule has 3 rings (SSSR count). The first-order valence-electron chi connectivity index (χ1n) is 20.1. The van der Waals surface area contributed by atoms with Crippen LogP contribution in [0.1, 0.15) is 149 Å². The topological polar surface area (TPSA) is 143 Å². The van der Waals surface area contributed by atoms with Crippen molar-refractivity contribution >= 4 is 30.5 Å². The van der Waals surface area contributed by atoms with Crippen molar-refractivity contribution in [3.8, 4) is 5.75 Å². The second-order valence-corrected chi connectivity index (χ2v) is 16.3. The molecule has 0 saturated heterocycles. The van der Waals surface area contributed by atoms with Gasteiger partial charge in [0.15, 0.2) is 11.5 Å². The Balaban J connectivity index is 1.24. The number of fused-ring (bicyclic) bond motifs is 1. The lowest BCUT2D eigenvalue weighted by atomic mass is 10.0. The van der Waals surface area contributed by atoms with Crippen LogP contribution in [0.3, 0.4) is 0 Å². The molecule has 3 N–H and O–H groups in total. The number of carbonyl (C=O) groups excluding carboxylic acids is 1. The highest BCUT2D eigenvalue weighted by atomic mass is 31.2. The molecule has 52 heavy (non-hydrogen) atoms. The Labute approximate surface area is 313 Å². The quantitative estimate of drug-likeness (QED) is 0.0371. The van der Waals surface area contributed by atoms with Gasteiger partial charge < -0.3 is 24.3 Å². The molecule has 1 aromatic carbocycles. The zero-order valence-corrected chi connectivity index (χ0v) is 33.2. The summed E-state index contributed by atoms with van der Waals surface area (Å²) in [4.78, 5) is 25.4. The summed E-state index contributed by atoms with van der Waals surface area (Å²) in [5.74, 6) is 0.242. The van der Waals surface area contributed by atoms with Gasteiger partial charge in [-0.2, -0.15) is 0 Å². The number of aromatic nitrogens is 4. The molecule has 2 aromatic heterocycles. The molecule has 0 radical (unpaired) electrons. The third-order valence-corrected chi connectivity index (χ3v) is 11.2. The summed E-state index contributed by atoms with van der Waals surface area (Å²) in [5, 5.41) is 2.88. The van der Waals surface area contributed by atoms with Crippen molar-refractivity contribution in [3.05, 3.63) is 43.0 Å². The van der Waals surface area contributed by atoms with Gasteiger partial charge in [0.1, 0.15) is 30.0 Å². The number of hydrogen-bond acceptors (Lipinski definition) is 9. The van der Waals surface area contributed by atoms with E-state index in [0.717, 1.165) is 19.3 Å². The number of rotatable bonds is 31. The number of hydrogen-bond donors (Lipinski definition) is 2. The van der Waals surface area contributed by atoms with Gasteiger partial charge in [0.25, 0.3) is 0 Å². The Morgan fingerprint density at radius 3 is 1.88 bits per heavy atom. The van der Waals surface area contributed by atoms with Crippen LogP contribution in [-0.4, -0.2) is 50.6 Å². The molecule has 2 heterocycles. The highest BCUT2D eigenvalue weighted by Crippen LogP contribution is 2.44. The van der Waals surface area contributed by atoms with Gasteiger partial charge in [0.2, 0.25) is 0 Å². The van der Waals surface area contributed by atoms with Crippen molar-refractivity contribution in [2.75, 3.05) is 18.7 Å². The van der Waals surface area contributed by atoms with Gasteiger partial charge in [0, 0.05) is 0 Å². The zero-order chi connectivity index (χ0) is 37.3. The van der Waals surface area contributed by atoms with Crippen LogP contribution >= 0.6 is 7.52 Å². The Morgan fingerprint density at radius 1 is 0.788 bits per heavy atom. The number of para-hydroxylation sites is 1. The SMILES string of the molecule is CCCCCCCCCCCCCCCCCCCCCCOC(=O)[C@@H](C)NP(=O)(COC(C)Cn1cnc2c(N)ncnc21)Oc1ccccc1. The van der Waals surface area contributed by atoms with Gasteiger partial charge >= 0.3 is 13.5 Å². The summed E-state index contributed by atoms with van der Waals surface area (Å²) in [7, 11) is -3.68. The Bertz CT molecular complexity index is 1420. The first kappa shape index (κ1) is 43.4. The fourth-order valence-corrected chi connectivity index (χ4v) is 8.12. The molecule has 0 fully saturated rings. The lowest BCUT2D eigenvalue weighted by molar-refractivity contribution is -0.145. The van der Waals surface area contributed by atoms with Crippen molar-refractivity contribution < 1.29 is 23.4 Å². The van der Waals surface area contributed by atoms with Gasteiger partial charge in [0.05, 0.1) is 25.6 Å². The van der Waals surface area contributed by atoms with E-state index in [1.54, 1.807) is 42.1 Å². The number of esters is 1. The largest absolute Gasteiger partial charge is 0.465 e. The van der Waals surface area contributed by atoms with Crippen molar-refractivity contribution in [1.82, 2.24) is 24.6 Å². The first-order chi connectivity index (χ1) is 25.3. The number of carbonyl (C=O) groups is 1. The second kappa shape index (κ2) is 25.9. The number of nitrogen functional groups attached to an aromatic ring is 1. The van der Waals surface area contributed by atoms with E-state index < -0.39 is 19.5 Å². The van der Waals surface area contributed by atoms with Crippen LogP contribution in [0.25, 0.3) is 11.2 Å². The van der Waals surface area contributed by atoms with E-state index in [9.17, 15) is 9.36 Å². The average Bonchev–Trinajstić information content (AvgIpc) is 3.55. The van der Waals surface area contributed by atoms with E-state index in [-0.39, 0.29) is 12.5 Å². The van der Waals surface area contributed by atoms with Gasteiger partial charge in [-0.3, -0.25) is 9.36 Å². The molecule has 0 spiro atoms. The second-order valence-electron chi connectivity index (χ2n) is 14.2. The summed E-state index contributed by atoms with van der Waals surface area (Å²) in [6.07, 6.45) is 28.8. The standard InChI is InChI=1S/C40H67N6O5P/c1-4-5-6-7-8-9-10-11-12-13-14-15-16-17-18-19-20-21-22-26-29-49-40(47)35(3)45-52(48,51-36-27-24-23-25-28-36)33-50-34(2)30-46-32-44-37-38(41)42-31-43-39(37)46/h23-25,27-28,31-32,34-35H,4-22,26,29-30,33H2,1-3H3,(H,45,48)(H2,41,42,43)/t34?,35-,52?/m1/s1. The van der Waals surface area contributed by atoms with Crippen molar-refractivity contribution in [2.45, 2.75) is 168 Å². The molecule has 0 saturated carbocycles. The normalized spacial score (nSPS) is 13.9. The summed E-state index contributed by atoms with van der Waals surface area (Å²) >= 11 is 0. The van der Waals surface area contributed by atoms with E-state index in [4.69, 9.17) is 19.7 Å². The van der Waals surface area contributed by atoms with Gasteiger partial charge in [-0.05, 0) is 32.4 Å². The molecular weight excluding hydrogens is 675 g/mol. The fourth-order valence-electron chi connectivity index (χ4n) is 6.33. The van der Waals surface area contributed by atoms with Crippen LogP contribution in [0.5, 0.6) is 5.75 Å². The fraction of sp³-hybridized carbons (Fsp3) is 0.700. The van der Waals surface area contributed by atoms with Crippen molar-refractivity contribution in [2.24, 2.45) is 0 Å². The zero-order valence-electron chi connectivity index (χ0n) is 32.3. The minimum absolute atomic E-state index is 0.260. The van der Waals surface area contributed by atoms with Crippen LogP contribution in [0.4, 0.5) is 5.82 Å². The smallest absolute Gasteiger partial charge is 0.342 e. The van der Waals surface area contributed by atoms with E-state index in [0.29, 0.717) is 35.9 Å². The Morgan fingerprint density at radius 2 is 1.33 bits per heavy atom. The maximum Gasteiger partial charge on any atom is 0.342 e. The molecule has 0 bridgehead atoms. The van der Waals surface area contributed by atoms with Crippen molar-refractivity contribution in [1.29, 1.82) is 0 Å². The summed E-state index contributed by atoms with van der Waals surface area (Å²) in [6, 6.07) is 8.00.